The Labute approximate surface area is 57.9 Å². The number of nitrogens with zero attached hydrogens (tertiary/aromatic N) is 1. The first-order chi connectivity index (χ1) is 4.74. The lowest BCUT2D eigenvalue weighted by molar-refractivity contribution is 0.112. The molecule has 10 heavy (non-hydrogen) atoms. The highest BCUT2D eigenvalue weighted by Gasteiger charge is 1.97. The Hall–Kier alpha value is -1.58. The highest BCUT2D eigenvalue weighted by Crippen LogP contribution is 2.07. The van der Waals surface area contributed by atoms with Crippen LogP contribution in [0.3, 0.4) is 0 Å². The molecule has 1 aromatic rings. The summed E-state index contributed by atoms with van der Waals surface area (Å²) in [5, 5.41) is 0. The van der Waals surface area contributed by atoms with Crippen LogP contribution in [0, 0.1) is 0 Å². The fourth-order valence-electron chi connectivity index (χ4n) is 0.596. The van der Waals surface area contributed by atoms with Crippen molar-refractivity contribution in [2.45, 2.75) is 0 Å². The van der Waals surface area contributed by atoms with Crippen LogP contribution in [0.5, 0.6) is 0 Å². The van der Waals surface area contributed by atoms with E-state index in [0.717, 1.165) is 0 Å². The number of nitrogen functional groups attached to an aromatic ring is 2. The van der Waals surface area contributed by atoms with Crippen molar-refractivity contribution in [1.29, 1.82) is 0 Å². The van der Waals surface area contributed by atoms with Crippen molar-refractivity contribution in [2.24, 2.45) is 0 Å². The van der Waals surface area contributed by atoms with Gasteiger partial charge in [-0.05, 0) is 12.1 Å². The van der Waals surface area contributed by atoms with Gasteiger partial charge in [-0.15, -0.1) is 0 Å². The first-order valence-electron chi connectivity index (χ1n) is 2.71. The lowest BCUT2D eigenvalue weighted by Crippen LogP contribution is -1.99. The third kappa shape index (κ3) is 1.05. The summed E-state index contributed by atoms with van der Waals surface area (Å²) in [6.45, 7) is 0. The standard InChI is InChI=1S/C6H7N3O/c7-4-1-2-6(8)9-5(4)3-10/h1-3H,7H2,(H2,8,9). The Balaban J connectivity index is 3.21. The summed E-state index contributed by atoms with van der Waals surface area (Å²) in [7, 11) is 0. The number of aldehydes is 1. The summed E-state index contributed by atoms with van der Waals surface area (Å²) in [4.78, 5) is 13.9. The molecule has 0 aliphatic rings. The predicted molar refractivity (Wildman–Crippen MR) is 38.4 cm³/mol. The largest absolute Gasteiger partial charge is 0.397 e. The predicted octanol–water partition coefficient (Wildman–Crippen LogP) is 0.0585. The van der Waals surface area contributed by atoms with Gasteiger partial charge in [-0.2, -0.15) is 0 Å². The maximum absolute atomic E-state index is 10.2. The molecular weight excluding hydrogens is 130 g/mol. The minimum absolute atomic E-state index is 0.194. The van der Waals surface area contributed by atoms with Crippen LogP contribution in [0.1, 0.15) is 10.5 Å². The molecular formula is C6H7N3O. The molecule has 0 atom stereocenters. The topological polar surface area (TPSA) is 82.0 Å². The normalized spacial score (nSPS) is 9.20. The van der Waals surface area contributed by atoms with Crippen molar-refractivity contribution < 1.29 is 4.79 Å². The molecule has 0 aliphatic heterocycles. The highest BCUT2D eigenvalue weighted by molar-refractivity contribution is 5.80. The minimum Gasteiger partial charge on any atom is -0.397 e. The van der Waals surface area contributed by atoms with Crippen molar-refractivity contribution in [3.8, 4) is 0 Å². The van der Waals surface area contributed by atoms with Gasteiger partial charge in [-0.3, -0.25) is 4.79 Å². The molecule has 0 aromatic carbocycles. The van der Waals surface area contributed by atoms with Gasteiger partial charge in [-0.25, -0.2) is 4.98 Å². The van der Waals surface area contributed by atoms with Crippen molar-refractivity contribution >= 4 is 17.8 Å². The molecule has 0 fully saturated rings. The Morgan fingerprint density at radius 3 is 2.60 bits per heavy atom. The number of hydrogen-bond acceptors (Lipinski definition) is 4. The van der Waals surface area contributed by atoms with Crippen LogP contribution in [-0.4, -0.2) is 11.3 Å². The summed E-state index contributed by atoms with van der Waals surface area (Å²) in [5.74, 6) is 0.302. The molecule has 0 spiro atoms. The quantitative estimate of drug-likeness (QED) is 0.536. The number of carbonyl (C=O) groups excluding carboxylic acids is 1. The van der Waals surface area contributed by atoms with Crippen LogP contribution in [0.2, 0.25) is 0 Å². The second kappa shape index (κ2) is 2.34. The number of rotatable bonds is 1. The third-order valence-electron chi connectivity index (χ3n) is 1.09. The van der Waals surface area contributed by atoms with E-state index >= 15 is 0 Å². The molecule has 4 nitrogen and oxygen atoms in total. The van der Waals surface area contributed by atoms with Crippen LogP contribution < -0.4 is 11.5 Å². The van der Waals surface area contributed by atoms with Gasteiger partial charge in [0.1, 0.15) is 11.5 Å². The monoisotopic (exact) mass is 137 g/mol. The summed E-state index contributed by atoms with van der Waals surface area (Å²) < 4.78 is 0. The smallest absolute Gasteiger partial charge is 0.170 e. The minimum atomic E-state index is 0.194. The second-order valence-electron chi connectivity index (χ2n) is 1.83. The molecule has 4 heteroatoms. The van der Waals surface area contributed by atoms with Crippen molar-refractivity contribution in [3.63, 3.8) is 0 Å². The molecule has 52 valence electrons. The molecule has 0 bridgehead atoms. The highest BCUT2D eigenvalue weighted by atomic mass is 16.1. The summed E-state index contributed by atoms with van der Waals surface area (Å²) in [5.41, 5.74) is 11.2. The molecule has 1 heterocycles. The molecule has 0 unspecified atom stereocenters. The van der Waals surface area contributed by atoms with Gasteiger partial charge in [0, 0.05) is 0 Å². The molecule has 4 N–H and O–H groups in total. The molecule has 1 rings (SSSR count). The van der Waals surface area contributed by atoms with Gasteiger partial charge >= 0.3 is 0 Å². The van der Waals surface area contributed by atoms with Gasteiger partial charge in [-0.1, -0.05) is 0 Å². The zero-order chi connectivity index (χ0) is 7.56. The molecule has 1 aromatic heterocycles. The van der Waals surface area contributed by atoms with E-state index in [4.69, 9.17) is 11.5 Å². The van der Waals surface area contributed by atoms with Crippen LogP contribution in [0.25, 0.3) is 0 Å². The lowest BCUT2D eigenvalue weighted by atomic mass is 10.3. The molecule has 0 radical (unpaired) electrons. The second-order valence-corrected chi connectivity index (χ2v) is 1.83. The molecule has 0 saturated heterocycles. The Morgan fingerprint density at radius 1 is 1.40 bits per heavy atom. The summed E-state index contributed by atoms with van der Waals surface area (Å²) in [6.07, 6.45) is 0.575. The Morgan fingerprint density at radius 2 is 2.10 bits per heavy atom. The van der Waals surface area contributed by atoms with E-state index in [0.29, 0.717) is 17.8 Å². The fourth-order valence-corrected chi connectivity index (χ4v) is 0.596. The SMILES string of the molecule is Nc1ccc(N)c(C=O)n1. The number of carbonyl (C=O) groups is 1. The molecule has 0 aliphatic carbocycles. The first kappa shape index (κ1) is 6.54. The third-order valence-corrected chi connectivity index (χ3v) is 1.09. The van der Waals surface area contributed by atoms with E-state index < -0.39 is 0 Å². The zero-order valence-electron chi connectivity index (χ0n) is 5.24. The summed E-state index contributed by atoms with van der Waals surface area (Å²) >= 11 is 0. The van der Waals surface area contributed by atoms with Crippen molar-refractivity contribution in [3.05, 3.63) is 17.8 Å². The average Bonchev–Trinajstić information content (AvgIpc) is 1.94. The van der Waals surface area contributed by atoms with E-state index in [1.807, 2.05) is 0 Å². The van der Waals surface area contributed by atoms with Gasteiger partial charge in [0.25, 0.3) is 0 Å². The maximum Gasteiger partial charge on any atom is 0.170 e. The van der Waals surface area contributed by atoms with E-state index in [1.165, 1.54) is 0 Å². The van der Waals surface area contributed by atoms with Gasteiger partial charge in [0.05, 0.1) is 5.69 Å². The van der Waals surface area contributed by atoms with Crippen molar-refractivity contribution in [1.82, 2.24) is 4.98 Å². The van der Waals surface area contributed by atoms with Gasteiger partial charge in [0.2, 0.25) is 0 Å². The maximum atomic E-state index is 10.2. The molecule has 0 amide bonds. The zero-order valence-corrected chi connectivity index (χ0v) is 5.24. The van der Waals surface area contributed by atoms with Crippen LogP contribution in [0.15, 0.2) is 12.1 Å². The Bertz CT molecular complexity index is 259. The van der Waals surface area contributed by atoms with Crippen LogP contribution in [-0.2, 0) is 0 Å². The van der Waals surface area contributed by atoms with Crippen molar-refractivity contribution in [2.75, 3.05) is 11.5 Å². The number of aromatic nitrogens is 1. The van der Waals surface area contributed by atoms with Gasteiger partial charge in [0.15, 0.2) is 6.29 Å². The fraction of sp³-hybridized carbons (Fsp3) is 0. The number of pyridine rings is 1. The number of anilines is 2. The number of nitrogens with two attached hydrogens (primary N) is 2. The van der Waals surface area contributed by atoms with Crippen LogP contribution >= 0.6 is 0 Å². The summed E-state index contributed by atoms with van der Waals surface area (Å²) in [6, 6.07) is 3.09. The van der Waals surface area contributed by atoms with Gasteiger partial charge < -0.3 is 11.5 Å². The molecule has 0 saturated carbocycles. The van der Waals surface area contributed by atoms with E-state index in [2.05, 4.69) is 4.98 Å². The van der Waals surface area contributed by atoms with E-state index in [9.17, 15) is 4.79 Å². The van der Waals surface area contributed by atoms with E-state index in [-0.39, 0.29) is 5.69 Å². The van der Waals surface area contributed by atoms with E-state index in [1.54, 1.807) is 12.1 Å². The average molecular weight is 137 g/mol. The lowest BCUT2D eigenvalue weighted by Gasteiger charge is -1.96. The van der Waals surface area contributed by atoms with Crippen LogP contribution in [0.4, 0.5) is 11.5 Å². The number of hydrogen-bond donors (Lipinski definition) is 2. The Kier molecular flexibility index (Phi) is 1.53. The first-order valence-corrected chi connectivity index (χ1v) is 2.71.